The predicted octanol–water partition coefficient (Wildman–Crippen LogP) is 3.56. The highest BCUT2D eigenvalue weighted by Crippen LogP contribution is 2.37. The zero-order valence-corrected chi connectivity index (χ0v) is 11.4. The lowest BCUT2D eigenvalue weighted by atomic mass is 9.81. The molecule has 1 aromatic rings. The molecule has 1 aromatic heterocycles. The van der Waals surface area contributed by atoms with Crippen molar-refractivity contribution in [2.45, 2.75) is 51.0 Å². The average Bonchev–Trinajstić information content (AvgIpc) is 2.82. The summed E-state index contributed by atoms with van der Waals surface area (Å²) in [5.41, 5.74) is 1.56. The SMILES string of the molecule is C#CCC(NCCC)C1CCCc2sccc21. The molecule has 0 spiro atoms. The minimum Gasteiger partial charge on any atom is -0.312 e. The van der Waals surface area contributed by atoms with Gasteiger partial charge in [-0.2, -0.15) is 0 Å². The average molecular weight is 247 g/mol. The number of aryl methyl sites for hydroxylation is 1. The van der Waals surface area contributed by atoms with E-state index in [1.165, 1.54) is 25.7 Å². The van der Waals surface area contributed by atoms with Crippen molar-refractivity contribution >= 4 is 11.3 Å². The van der Waals surface area contributed by atoms with Crippen LogP contribution in [0.5, 0.6) is 0 Å². The summed E-state index contributed by atoms with van der Waals surface area (Å²) in [6.45, 7) is 3.28. The van der Waals surface area contributed by atoms with Crippen LogP contribution in [0.15, 0.2) is 11.4 Å². The van der Waals surface area contributed by atoms with Crippen LogP contribution in [0.4, 0.5) is 0 Å². The molecule has 2 heteroatoms. The normalized spacial score (nSPS) is 20.6. The van der Waals surface area contributed by atoms with Gasteiger partial charge in [0.25, 0.3) is 0 Å². The lowest BCUT2D eigenvalue weighted by molar-refractivity contribution is 0.399. The third-order valence-electron chi connectivity index (χ3n) is 3.58. The minimum atomic E-state index is 0.466. The molecule has 0 fully saturated rings. The summed E-state index contributed by atoms with van der Waals surface area (Å²) < 4.78 is 0. The Morgan fingerprint density at radius 3 is 3.29 bits per heavy atom. The molecule has 0 aliphatic heterocycles. The van der Waals surface area contributed by atoms with Gasteiger partial charge >= 0.3 is 0 Å². The van der Waals surface area contributed by atoms with Gasteiger partial charge in [-0.1, -0.05) is 6.92 Å². The summed E-state index contributed by atoms with van der Waals surface area (Å²) in [5.74, 6) is 3.47. The lowest BCUT2D eigenvalue weighted by Gasteiger charge is -2.30. The number of terminal acetylenes is 1. The summed E-state index contributed by atoms with van der Waals surface area (Å²) in [5, 5.41) is 5.86. The van der Waals surface area contributed by atoms with Crippen molar-refractivity contribution in [3.8, 4) is 12.3 Å². The van der Waals surface area contributed by atoms with Gasteiger partial charge in [-0.05, 0) is 49.2 Å². The molecule has 0 saturated heterocycles. The predicted molar refractivity (Wildman–Crippen MR) is 75.5 cm³/mol. The van der Waals surface area contributed by atoms with Crippen molar-refractivity contribution in [1.82, 2.24) is 5.32 Å². The monoisotopic (exact) mass is 247 g/mol. The molecule has 0 saturated carbocycles. The zero-order chi connectivity index (χ0) is 12.1. The van der Waals surface area contributed by atoms with E-state index in [2.05, 4.69) is 29.6 Å². The molecular weight excluding hydrogens is 226 g/mol. The molecular formula is C15H21NS. The van der Waals surface area contributed by atoms with Crippen LogP contribution in [0, 0.1) is 12.3 Å². The summed E-state index contributed by atoms with van der Waals surface area (Å²) in [6, 6.07) is 2.77. The van der Waals surface area contributed by atoms with E-state index in [4.69, 9.17) is 6.42 Å². The fourth-order valence-corrected chi connectivity index (χ4v) is 3.75. The number of fused-ring (bicyclic) bond motifs is 1. The van der Waals surface area contributed by atoms with E-state index in [0.717, 1.165) is 13.0 Å². The number of thiophene rings is 1. The molecule has 0 radical (unpaired) electrons. The molecule has 1 N–H and O–H groups in total. The van der Waals surface area contributed by atoms with E-state index in [9.17, 15) is 0 Å². The quantitative estimate of drug-likeness (QED) is 0.785. The first-order valence-electron chi connectivity index (χ1n) is 6.60. The van der Waals surface area contributed by atoms with Crippen molar-refractivity contribution in [1.29, 1.82) is 0 Å². The van der Waals surface area contributed by atoms with Gasteiger partial charge in [-0.3, -0.25) is 0 Å². The van der Waals surface area contributed by atoms with Crippen LogP contribution in [0.25, 0.3) is 0 Å². The fourth-order valence-electron chi connectivity index (χ4n) is 2.75. The number of rotatable bonds is 5. The van der Waals surface area contributed by atoms with E-state index in [0.29, 0.717) is 12.0 Å². The molecule has 1 aliphatic rings. The molecule has 2 unspecified atom stereocenters. The maximum Gasteiger partial charge on any atom is 0.0246 e. The number of hydrogen-bond donors (Lipinski definition) is 1. The van der Waals surface area contributed by atoms with E-state index in [-0.39, 0.29) is 0 Å². The summed E-state index contributed by atoms with van der Waals surface area (Å²) in [7, 11) is 0. The number of hydrogen-bond acceptors (Lipinski definition) is 2. The topological polar surface area (TPSA) is 12.0 Å². The Hall–Kier alpha value is -0.780. The highest BCUT2D eigenvalue weighted by atomic mass is 32.1. The smallest absolute Gasteiger partial charge is 0.0246 e. The van der Waals surface area contributed by atoms with Crippen LogP contribution < -0.4 is 5.32 Å². The maximum atomic E-state index is 5.52. The largest absolute Gasteiger partial charge is 0.312 e. The minimum absolute atomic E-state index is 0.466. The molecule has 1 nitrogen and oxygen atoms in total. The Morgan fingerprint density at radius 1 is 1.65 bits per heavy atom. The molecule has 2 rings (SSSR count). The van der Waals surface area contributed by atoms with Crippen LogP contribution in [-0.4, -0.2) is 12.6 Å². The van der Waals surface area contributed by atoms with Crippen LogP contribution in [0.1, 0.15) is 49.0 Å². The van der Waals surface area contributed by atoms with E-state index in [1.807, 2.05) is 11.3 Å². The van der Waals surface area contributed by atoms with Gasteiger partial charge in [0.05, 0.1) is 0 Å². The van der Waals surface area contributed by atoms with Gasteiger partial charge in [0.2, 0.25) is 0 Å². The van der Waals surface area contributed by atoms with E-state index >= 15 is 0 Å². The van der Waals surface area contributed by atoms with Crippen molar-refractivity contribution in [2.24, 2.45) is 0 Å². The molecule has 0 amide bonds. The van der Waals surface area contributed by atoms with Gasteiger partial charge < -0.3 is 5.32 Å². The highest BCUT2D eigenvalue weighted by Gasteiger charge is 2.27. The molecule has 92 valence electrons. The summed E-state index contributed by atoms with van der Waals surface area (Å²) in [6.07, 6.45) is 11.4. The molecule has 0 bridgehead atoms. The molecule has 1 aliphatic carbocycles. The standard InChI is InChI=1S/C15H21NS/c1-3-6-14(16-10-4-2)12-7-5-8-15-13(12)9-11-17-15/h1,9,11-12,14,16H,4-8,10H2,2H3. The van der Waals surface area contributed by atoms with Crippen LogP contribution in [0.3, 0.4) is 0 Å². The van der Waals surface area contributed by atoms with E-state index in [1.54, 1.807) is 10.4 Å². The Labute approximate surface area is 109 Å². The van der Waals surface area contributed by atoms with Gasteiger partial charge in [-0.25, -0.2) is 0 Å². The second-order valence-electron chi connectivity index (χ2n) is 4.77. The van der Waals surface area contributed by atoms with Crippen LogP contribution in [-0.2, 0) is 6.42 Å². The van der Waals surface area contributed by atoms with Crippen molar-refractivity contribution in [3.05, 3.63) is 21.9 Å². The number of nitrogens with one attached hydrogen (secondary N) is 1. The Bertz CT molecular complexity index is 388. The first kappa shape index (κ1) is 12.7. The van der Waals surface area contributed by atoms with Crippen LogP contribution in [0.2, 0.25) is 0 Å². The first-order chi connectivity index (χ1) is 8.36. The lowest BCUT2D eigenvalue weighted by Crippen LogP contribution is -2.36. The van der Waals surface area contributed by atoms with Crippen molar-refractivity contribution in [2.75, 3.05) is 6.54 Å². The van der Waals surface area contributed by atoms with Crippen molar-refractivity contribution in [3.63, 3.8) is 0 Å². The third kappa shape index (κ3) is 2.91. The second kappa shape index (κ2) is 6.23. The molecule has 17 heavy (non-hydrogen) atoms. The summed E-state index contributed by atoms with van der Waals surface area (Å²) >= 11 is 1.91. The zero-order valence-electron chi connectivity index (χ0n) is 10.5. The molecule has 1 heterocycles. The Balaban J connectivity index is 2.12. The second-order valence-corrected chi connectivity index (χ2v) is 5.77. The maximum absolute atomic E-state index is 5.52. The van der Waals surface area contributed by atoms with Crippen LogP contribution >= 0.6 is 11.3 Å². The molecule has 0 aromatic carbocycles. The summed E-state index contributed by atoms with van der Waals surface area (Å²) in [4.78, 5) is 1.58. The van der Waals surface area contributed by atoms with Gasteiger partial charge in [-0.15, -0.1) is 23.7 Å². The Kier molecular flexibility index (Phi) is 4.65. The van der Waals surface area contributed by atoms with Crippen molar-refractivity contribution < 1.29 is 0 Å². The third-order valence-corrected chi connectivity index (χ3v) is 4.57. The first-order valence-corrected chi connectivity index (χ1v) is 7.48. The van der Waals surface area contributed by atoms with Gasteiger partial charge in [0.1, 0.15) is 0 Å². The fraction of sp³-hybridized carbons (Fsp3) is 0.600. The van der Waals surface area contributed by atoms with Gasteiger partial charge in [0.15, 0.2) is 0 Å². The highest BCUT2D eigenvalue weighted by molar-refractivity contribution is 7.10. The van der Waals surface area contributed by atoms with Gasteiger partial charge in [0, 0.05) is 23.3 Å². The van der Waals surface area contributed by atoms with E-state index < -0.39 is 0 Å². The Morgan fingerprint density at radius 2 is 2.53 bits per heavy atom. The molecule has 2 atom stereocenters.